The van der Waals surface area contributed by atoms with Gasteiger partial charge in [0.2, 0.25) is 5.91 Å². The summed E-state index contributed by atoms with van der Waals surface area (Å²) in [4.78, 5) is 12.0. The zero-order chi connectivity index (χ0) is 21.0. The standard InChI is InChI=1S/C25H40N2O3/c1-20(17-21-9-3-2-4-10-21)26-18-22-11-5-6-13-24(22)30-16-8-14-25(28)27-19-23-12-7-15-29-23/h5-6,11,13,20-21,23,26H,2-4,7-10,12,14-19H2,1H3,(H,27,28). The van der Waals surface area contributed by atoms with Gasteiger partial charge in [-0.2, -0.15) is 0 Å². The number of amides is 1. The van der Waals surface area contributed by atoms with E-state index >= 15 is 0 Å². The van der Waals surface area contributed by atoms with Gasteiger partial charge in [0.25, 0.3) is 0 Å². The molecule has 1 amide bonds. The van der Waals surface area contributed by atoms with Crippen LogP contribution < -0.4 is 15.4 Å². The quantitative estimate of drug-likeness (QED) is 0.489. The number of carbonyl (C=O) groups is 1. The molecule has 2 aliphatic rings. The van der Waals surface area contributed by atoms with Gasteiger partial charge in [-0.15, -0.1) is 0 Å². The van der Waals surface area contributed by atoms with Crippen LogP contribution in [0.3, 0.4) is 0 Å². The van der Waals surface area contributed by atoms with Crippen LogP contribution in [0.15, 0.2) is 24.3 Å². The Kier molecular flexibility index (Phi) is 9.97. The van der Waals surface area contributed by atoms with Crippen LogP contribution in [0.5, 0.6) is 5.75 Å². The minimum Gasteiger partial charge on any atom is -0.493 e. The molecule has 5 heteroatoms. The van der Waals surface area contributed by atoms with Gasteiger partial charge in [-0.3, -0.25) is 4.79 Å². The number of nitrogens with one attached hydrogen (secondary N) is 2. The molecule has 1 saturated carbocycles. The summed E-state index contributed by atoms with van der Waals surface area (Å²) >= 11 is 0. The Balaban J connectivity index is 1.32. The summed E-state index contributed by atoms with van der Waals surface area (Å²) in [7, 11) is 0. The molecule has 2 unspecified atom stereocenters. The molecule has 0 bridgehead atoms. The van der Waals surface area contributed by atoms with Gasteiger partial charge in [0.1, 0.15) is 5.75 Å². The minimum atomic E-state index is 0.0839. The maximum Gasteiger partial charge on any atom is 0.220 e. The van der Waals surface area contributed by atoms with E-state index in [0.717, 1.165) is 44.1 Å². The van der Waals surface area contributed by atoms with E-state index in [4.69, 9.17) is 9.47 Å². The molecule has 1 saturated heterocycles. The molecule has 0 aromatic heterocycles. The van der Waals surface area contributed by atoms with E-state index in [9.17, 15) is 4.79 Å². The van der Waals surface area contributed by atoms with Crippen molar-refractivity contribution in [3.63, 3.8) is 0 Å². The molecule has 1 aromatic rings. The number of hydrogen-bond donors (Lipinski definition) is 2. The van der Waals surface area contributed by atoms with Crippen LogP contribution in [-0.2, 0) is 16.1 Å². The Hall–Kier alpha value is -1.59. The van der Waals surface area contributed by atoms with Crippen LogP contribution in [0.1, 0.15) is 76.7 Å². The second-order valence-corrected chi connectivity index (χ2v) is 9.02. The number of benzene rings is 1. The molecule has 30 heavy (non-hydrogen) atoms. The zero-order valence-corrected chi connectivity index (χ0v) is 18.7. The number of rotatable bonds is 12. The van der Waals surface area contributed by atoms with E-state index < -0.39 is 0 Å². The van der Waals surface area contributed by atoms with E-state index in [1.807, 2.05) is 12.1 Å². The van der Waals surface area contributed by atoms with Crippen LogP contribution in [0.2, 0.25) is 0 Å². The number of carbonyl (C=O) groups excluding carboxylic acids is 1. The highest BCUT2D eigenvalue weighted by Crippen LogP contribution is 2.27. The molecule has 0 radical (unpaired) electrons. The fraction of sp³-hybridized carbons (Fsp3) is 0.720. The molecule has 2 N–H and O–H groups in total. The number of ether oxygens (including phenoxy) is 2. The van der Waals surface area contributed by atoms with Gasteiger partial charge in [-0.1, -0.05) is 50.3 Å². The molecule has 168 valence electrons. The molecule has 0 spiro atoms. The van der Waals surface area contributed by atoms with E-state index in [0.29, 0.717) is 25.6 Å². The lowest BCUT2D eigenvalue weighted by atomic mass is 9.85. The summed E-state index contributed by atoms with van der Waals surface area (Å²) in [6, 6.07) is 8.76. The van der Waals surface area contributed by atoms with E-state index in [1.54, 1.807) is 0 Å². The predicted molar refractivity (Wildman–Crippen MR) is 121 cm³/mol. The van der Waals surface area contributed by atoms with Crippen molar-refractivity contribution in [2.75, 3.05) is 19.8 Å². The summed E-state index contributed by atoms with van der Waals surface area (Å²) in [6.07, 6.45) is 11.8. The molecular weight excluding hydrogens is 376 g/mol. The van der Waals surface area contributed by atoms with Crippen molar-refractivity contribution in [2.24, 2.45) is 5.92 Å². The molecule has 1 aromatic carbocycles. The SMILES string of the molecule is CC(CC1CCCCC1)NCc1ccccc1OCCCC(=O)NCC1CCCO1. The third-order valence-electron chi connectivity index (χ3n) is 6.38. The number of hydrogen-bond acceptors (Lipinski definition) is 4. The highest BCUT2D eigenvalue weighted by molar-refractivity contribution is 5.75. The van der Waals surface area contributed by atoms with E-state index in [-0.39, 0.29) is 12.0 Å². The first-order valence-corrected chi connectivity index (χ1v) is 12.0. The predicted octanol–water partition coefficient (Wildman–Crippen LogP) is 4.59. The average molecular weight is 417 g/mol. The van der Waals surface area contributed by atoms with Crippen LogP contribution in [-0.4, -0.2) is 37.8 Å². The molecular formula is C25H40N2O3. The monoisotopic (exact) mass is 416 g/mol. The second kappa shape index (κ2) is 13.0. The molecule has 3 rings (SSSR count). The lowest BCUT2D eigenvalue weighted by Crippen LogP contribution is -2.31. The first kappa shape index (κ1) is 23.1. The third kappa shape index (κ3) is 8.27. The van der Waals surface area contributed by atoms with Crippen LogP contribution in [0, 0.1) is 5.92 Å². The lowest BCUT2D eigenvalue weighted by molar-refractivity contribution is -0.121. The first-order valence-electron chi connectivity index (χ1n) is 12.0. The Bertz CT molecular complexity index is 625. The molecule has 2 fully saturated rings. The smallest absolute Gasteiger partial charge is 0.220 e. The summed E-state index contributed by atoms with van der Waals surface area (Å²) in [5.41, 5.74) is 1.19. The van der Waals surface area contributed by atoms with Gasteiger partial charge < -0.3 is 20.1 Å². The van der Waals surface area contributed by atoms with Gasteiger partial charge >= 0.3 is 0 Å². The summed E-state index contributed by atoms with van der Waals surface area (Å²) in [5.74, 6) is 1.90. The maximum atomic E-state index is 12.0. The van der Waals surface area contributed by atoms with Gasteiger partial charge in [-0.05, 0) is 44.6 Å². The fourth-order valence-corrected chi connectivity index (χ4v) is 4.62. The minimum absolute atomic E-state index is 0.0839. The molecule has 1 aliphatic heterocycles. The molecule has 1 aliphatic carbocycles. The average Bonchev–Trinajstić information content (AvgIpc) is 3.29. The molecule has 1 heterocycles. The Labute approximate surface area is 182 Å². The molecule has 2 atom stereocenters. The lowest BCUT2D eigenvalue weighted by Gasteiger charge is -2.25. The van der Waals surface area contributed by atoms with Gasteiger partial charge in [0.15, 0.2) is 0 Å². The Morgan fingerprint density at radius 2 is 2.00 bits per heavy atom. The van der Waals surface area contributed by atoms with E-state index in [2.05, 4.69) is 29.7 Å². The largest absolute Gasteiger partial charge is 0.493 e. The van der Waals surface area contributed by atoms with Crippen molar-refractivity contribution in [3.8, 4) is 5.75 Å². The first-order chi connectivity index (χ1) is 14.7. The normalized spacial score (nSPS) is 20.8. The van der Waals surface area contributed by atoms with Crippen molar-refractivity contribution in [1.29, 1.82) is 0 Å². The van der Waals surface area contributed by atoms with Crippen LogP contribution in [0.25, 0.3) is 0 Å². The van der Waals surface area contributed by atoms with Crippen molar-refractivity contribution >= 4 is 5.91 Å². The second-order valence-electron chi connectivity index (χ2n) is 9.02. The van der Waals surface area contributed by atoms with Crippen molar-refractivity contribution in [3.05, 3.63) is 29.8 Å². The van der Waals surface area contributed by atoms with E-state index in [1.165, 1.54) is 44.1 Å². The Morgan fingerprint density at radius 3 is 2.80 bits per heavy atom. The Morgan fingerprint density at radius 1 is 1.17 bits per heavy atom. The third-order valence-corrected chi connectivity index (χ3v) is 6.38. The van der Waals surface area contributed by atoms with Gasteiger partial charge in [0, 0.05) is 37.7 Å². The van der Waals surface area contributed by atoms with Crippen molar-refractivity contribution < 1.29 is 14.3 Å². The van der Waals surface area contributed by atoms with Crippen molar-refractivity contribution in [2.45, 2.75) is 89.8 Å². The van der Waals surface area contributed by atoms with Crippen LogP contribution in [0.4, 0.5) is 0 Å². The van der Waals surface area contributed by atoms with Crippen LogP contribution >= 0.6 is 0 Å². The summed E-state index contributed by atoms with van der Waals surface area (Å²) in [5, 5.41) is 6.65. The summed E-state index contributed by atoms with van der Waals surface area (Å²) in [6.45, 7) is 5.14. The molecule has 5 nitrogen and oxygen atoms in total. The summed E-state index contributed by atoms with van der Waals surface area (Å²) < 4.78 is 11.5. The highest BCUT2D eigenvalue weighted by atomic mass is 16.5. The van der Waals surface area contributed by atoms with Gasteiger partial charge in [0.05, 0.1) is 12.7 Å². The zero-order valence-electron chi connectivity index (χ0n) is 18.7. The van der Waals surface area contributed by atoms with Gasteiger partial charge in [-0.25, -0.2) is 0 Å². The maximum absolute atomic E-state index is 12.0. The van der Waals surface area contributed by atoms with Crippen molar-refractivity contribution in [1.82, 2.24) is 10.6 Å². The number of para-hydroxylation sites is 1. The topological polar surface area (TPSA) is 59.6 Å². The fourth-order valence-electron chi connectivity index (χ4n) is 4.62. The highest BCUT2D eigenvalue weighted by Gasteiger charge is 2.17.